The van der Waals surface area contributed by atoms with Gasteiger partial charge in [0, 0.05) is 0 Å². The standard InChI is InChI=1S/C11H14N4O3/c1-6-2-8(18-7(6)3-16)15-5-14-9-10(15)12-4-13-11(9)17/h4-8,16H,2-3H2,1H3,(H,12,13,17)/t6-,7+,8-/m0/s1. The Hall–Kier alpha value is -1.73. The first-order valence-corrected chi connectivity index (χ1v) is 5.87. The van der Waals surface area contributed by atoms with E-state index in [1.165, 1.54) is 6.33 Å². The van der Waals surface area contributed by atoms with Crippen molar-refractivity contribution in [3.8, 4) is 0 Å². The van der Waals surface area contributed by atoms with Crippen molar-refractivity contribution in [2.24, 2.45) is 5.92 Å². The molecule has 0 spiro atoms. The highest BCUT2D eigenvalue weighted by atomic mass is 16.5. The third kappa shape index (κ3) is 1.63. The molecule has 0 amide bonds. The van der Waals surface area contributed by atoms with Gasteiger partial charge in [0.25, 0.3) is 5.56 Å². The summed E-state index contributed by atoms with van der Waals surface area (Å²) < 4.78 is 7.48. The predicted octanol–water partition coefficient (Wildman–Crippen LogP) is 0.0355. The van der Waals surface area contributed by atoms with Crippen LogP contribution in [0, 0.1) is 5.92 Å². The van der Waals surface area contributed by atoms with Gasteiger partial charge >= 0.3 is 0 Å². The average Bonchev–Trinajstić information content (AvgIpc) is 2.93. The van der Waals surface area contributed by atoms with Gasteiger partial charge in [0.1, 0.15) is 6.23 Å². The number of hydrogen-bond donors (Lipinski definition) is 2. The van der Waals surface area contributed by atoms with Crippen molar-refractivity contribution < 1.29 is 9.84 Å². The molecule has 1 fully saturated rings. The van der Waals surface area contributed by atoms with E-state index in [0.717, 1.165) is 6.42 Å². The van der Waals surface area contributed by atoms with Crippen LogP contribution in [-0.4, -0.2) is 37.3 Å². The van der Waals surface area contributed by atoms with Crippen molar-refractivity contribution in [3.63, 3.8) is 0 Å². The van der Waals surface area contributed by atoms with E-state index < -0.39 is 0 Å². The molecule has 0 bridgehead atoms. The predicted molar refractivity (Wildman–Crippen MR) is 62.9 cm³/mol. The molecule has 96 valence electrons. The third-order valence-electron chi connectivity index (χ3n) is 3.40. The second kappa shape index (κ2) is 4.18. The molecule has 7 nitrogen and oxygen atoms in total. The summed E-state index contributed by atoms with van der Waals surface area (Å²) in [6.45, 7) is 2.03. The first kappa shape index (κ1) is 11.4. The maximum absolute atomic E-state index is 11.5. The maximum atomic E-state index is 11.5. The largest absolute Gasteiger partial charge is 0.394 e. The lowest BCUT2D eigenvalue weighted by atomic mass is 10.0. The van der Waals surface area contributed by atoms with Gasteiger partial charge in [-0.1, -0.05) is 6.92 Å². The monoisotopic (exact) mass is 250 g/mol. The molecule has 1 aliphatic rings. The summed E-state index contributed by atoms with van der Waals surface area (Å²) in [7, 11) is 0. The summed E-state index contributed by atoms with van der Waals surface area (Å²) >= 11 is 0. The number of aliphatic hydroxyl groups is 1. The van der Waals surface area contributed by atoms with Crippen LogP contribution in [0.5, 0.6) is 0 Å². The highest BCUT2D eigenvalue weighted by molar-refractivity contribution is 5.68. The van der Waals surface area contributed by atoms with E-state index >= 15 is 0 Å². The number of aromatic nitrogens is 4. The highest BCUT2D eigenvalue weighted by Gasteiger charge is 2.33. The number of aromatic amines is 1. The average molecular weight is 250 g/mol. The van der Waals surface area contributed by atoms with Crippen molar-refractivity contribution in [1.82, 2.24) is 19.5 Å². The number of H-pyrrole nitrogens is 1. The van der Waals surface area contributed by atoms with Gasteiger partial charge < -0.3 is 14.8 Å². The van der Waals surface area contributed by atoms with E-state index in [9.17, 15) is 9.90 Å². The number of imidazole rings is 1. The van der Waals surface area contributed by atoms with E-state index in [1.807, 2.05) is 6.92 Å². The van der Waals surface area contributed by atoms with Crippen LogP contribution in [0.4, 0.5) is 0 Å². The maximum Gasteiger partial charge on any atom is 0.278 e. The second-order valence-electron chi connectivity index (χ2n) is 4.58. The summed E-state index contributed by atoms with van der Waals surface area (Å²) in [6, 6.07) is 0. The zero-order chi connectivity index (χ0) is 12.7. The van der Waals surface area contributed by atoms with Gasteiger partial charge in [0.05, 0.1) is 25.4 Å². The number of nitrogens with zero attached hydrogens (tertiary/aromatic N) is 3. The van der Waals surface area contributed by atoms with E-state index in [4.69, 9.17) is 4.74 Å². The molecule has 0 aromatic carbocycles. The molecule has 3 atom stereocenters. The molecule has 2 aromatic rings. The molecule has 1 saturated heterocycles. The minimum absolute atomic E-state index is 0.00168. The fraction of sp³-hybridized carbons (Fsp3) is 0.545. The Bertz CT molecular complexity index is 620. The summed E-state index contributed by atoms with van der Waals surface area (Å²) in [6.07, 6.45) is 3.28. The topological polar surface area (TPSA) is 93.0 Å². The van der Waals surface area contributed by atoms with Gasteiger partial charge in [0.2, 0.25) is 0 Å². The van der Waals surface area contributed by atoms with Gasteiger partial charge in [-0.05, 0) is 12.3 Å². The van der Waals surface area contributed by atoms with Gasteiger partial charge in [-0.15, -0.1) is 0 Å². The first-order valence-electron chi connectivity index (χ1n) is 5.87. The smallest absolute Gasteiger partial charge is 0.278 e. The van der Waals surface area contributed by atoms with Crippen molar-refractivity contribution in [1.29, 1.82) is 0 Å². The van der Waals surface area contributed by atoms with E-state index in [2.05, 4.69) is 15.0 Å². The van der Waals surface area contributed by atoms with Crippen molar-refractivity contribution >= 4 is 11.2 Å². The molecule has 0 radical (unpaired) electrons. The lowest BCUT2D eigenvalue weighted by molar-refractivity contribution is -0.0277. The number of rotatable bonds is 2. The Kier molecular flexibility index (Phi) is 2.64. The molecular weight excluding hydrogens is 236 g/mol. The van der Waals surface area contributed by atoms with Crippen LogP contribution in [0.3, 0.4) is 0 Å². The molecule has 7 heteroatoms. The normalized spacial score (nSPS) is 28.0. The molecule has 2 N–H and O–H groups in total. The second-order valence-corrected chi connectivity index (χ2v) is 4.58. The molecule has 3 rings (SSSR count). The zero-order valence-corrected chi connectivity index (χ0v) is 9.91. The zero-order valence-electron chi connectivity index (χ0n) is 9.91. The van der Waals surface area contributed by atoms with Gasteiger partial charge in [-0.3, -0.25) is 9.36 Å². The fourth-order valence-electron chi connectivity index (χ4n) is 2.34. The molecule has 1 aliphatic heterocycles. The number of fused-ring (bicyclic) bond motifs is 1. The molecule has 2 aromatic heterocycles. The summed E-state index contributed by atoms with van der Waals surface area (Å²) in [5.74, 6) is 0.263. The quantitative estimate of drug-likeness (QED) is 0.784. The molecule has 18 heavy (non-hydrogen) atoms. The number of aliphatic hydroxyl groups excluding tert-OH is 1. The van der Waals surface area contributed by atoms with Crippen LogP contribution < -0.4 is 5.56 Å². The van der Waals surface area contributed by atoms with E-state index in [-0.39, 0.29) is 30.4 Å². The van der Waals surface area contributed by atoms with Crippen LogP contribution in [0.25, 0.3) is 11.2 Å². The summed E-state index contributed by atoms with van der Waals surface area (Å²) in [4.78, 5) is 22.2. The third-order valence-corrected chi connectivity index (χ3v) is 3.40. The van der Waals surface area contributed by atoms with Crippen LogP contribution >= 0.6 is 0 Å². The van der Waals surface area contributed by atoms with Gasteiger partial charge in [-0.2, -0.15) is 0 Å². The molecule has 3 heterocycles. The van der Waals surface area contributed by atoms with Crippen LogP contribution in [0.2, 0.25) is 0 Å². The molecule has 0 aliphatic carbocycles. The SMILES string of the molecule is C[C@H]1C[C@@H](n2cnc3c(=O)[nH]cnc32)O[C@@H]1CO. The number of nitrogens with one attached hydrogen (secondary N) is 1. The Balaban J connectivity index is 2.01. The number of hydrogen-bond acceptors (Lipinski definition) is 5. The lowest BCUT2D eigenvalue weighted by Crippen LogP contribution is -2.18. The van der Waals surface area contributed by atoms with Crippen molar-refractivity contribution in [3.05, 3.63) is 23.0 Å². The highest BCUT2D eigenvalue weighted by Crippen LogP contribution is 2.33. The Morgan fingerprint density at radius 3 is 3.17 bits per heavy atom. The van der Waals surface area contributed by atoms with Crippen LogP contribution in [-0.2, 0) is 4.74 Å². The first-order chi connectivity index (χ1) is 8.70. The summed E-state index contributed by atoms with van der Waals surface area (Å²) in [5, 5.41) is 9.19. The minimum atomic E-state index is -0.261. The van der Waals surface area contributed by atoms with Crippen LogP contribution in [0.1, 0.15) is 19.6 Å². The summed E-state index contributed by atoms with van der Waals surface area (Å²) in [5.41, 5.74) is 0.555. The Labute approximate surface area is 102 Å². The molecule has 0 unspecified atom stereocenters. The lowest BCUT2D eigenvalue weighted by Gasteiger charge is -2.13. The molecule has 0 saturated carbocycles. The van der Waals surface area contributed by atoms with E-state index in [1.54, 1.807) is 10.9 Å². The Morgan fingerprint density at radius 1 is 1.61 bits per heavy atom. The van der Waals surface area contributed by atoms with Crippen LogP contribution in [0.15, 0.2) is 17.4 Å². The van der Waals surface area contributed by atoms with E-state index in [0.29, 0.717) is 11.2 Å². The fourth-order valence-corrected chi connectivity index (χ4v) is 2.34. The van der Waals surface area contributed by atoms with Crippen molar-refractivity contribution in [2.75, 3.05) is 6.61 Å². The number of ether oxygens (including phenoxy) is 1. The Morgan fingerprint density at radius 2 is 2.44 bits per heavy atom. The molecular formula is C11H14N4O3. The van der Waals surface area contributed by atoms with Gasteiger partial charge in [-0.25, -0.2) is 9.97 Å². The van der Waals surface area contributed by atoms with Gasteiger partial charge in [0.15, 0.2) is 11.2 Å². The van der Waals surface area contributed by atoms with Crippen molar-refractivity contribution in [2.45, 2.75) is 25.7 Å². The minimum Gasteiger partial charge on any atom is -0.394 e.